The number of ether oxygens (including phenoxy) is 1. The predicted octanol–water partition coefficient (Wildman–Crippen LogP) is 3.83. The first-order chi connectivity index (χ1) is 13.7. The molecule has 1 aliphatic rings. The molecule has 0 aromatic heterocycles. The van der Waals surface area contributed by atoms with Gasteiger partial charge in [0.25, 0.3) is 5.92 Å². The number of carbonyl (C=O) groups excluding carboxylic acids is 2. The Hall–Kier alpha value is -2.74. The number of benzene rings is 2. The summed E-state index contributed by atoms with van der Waals surface area (Å²) in [5, 5.41) is 10.3. The van der Waals surface area contributed by atoms with Crippen molar-refractivity contribution < 1.29 is 32.8 Å². The second-order valence-electron chi connectivity index (χ2n) is 7.32. The van der Waals surface area contributed by atoms with Gasteiger partial charge in [-0.3, -0.25) is 4.79 Å². The van der Waals surface area contributed by atoms with Gasteiger partial charge in [0.15, 0.2) is 0 Å². The highest BCUT2D eigenvalue weighted by Gasteiger charge is 2.39. The number of Topliss-reactive ketones (excluding diaryl/α,β-unsaturated/α-hetero) is 1. The quantitative estimate of drug-likeness (QED) is 0.563. The lowest BCUT2D eigenvalue weighted by Gasteiger charge is -2.28. The number of para-hydroxylation sites is 1. The van der Waals surface area contributed by atoms with E-state index in [-0.39, 0.29) is 30.8 Å². The third-order valence-electron chi connectivity index (χ3n) is 4.65. The second kappa shape index (κ2) is 8.74. The highest BCUT2D eigenvalue weighted by Crippen LogP contribution is 2.37. The summed E-state index contributed by atoms with van der Waals surface area (Å²) in [5.74, 6) is -4.80. The van der Waals surface area contributed by atoms with Crippen molar-refractivity contribution >= 4 is 18.9 Å². The molecule has 1 atom stereocenters. The zero-order chi connectivity index (χ0) is 21.0. The molecule has 0 aliphatic carbocycles. The van der Waals surface area contributed by atoms with Crippen molar-refractivity contribution in [2.24, 2.45) is 0 Å². The van der Waals surface area contributed by atoms with Crippen LogP contribution in [0, 0.1) is 0 Å². The van der Waals surface area contributed by atoms with Gasteiger partial charge in [0.1, 0.15) is 23.7 Å². The first kappa shape index (κ1) is 21.0. The van der Waals surface area contributed by atoms with Crippen molar-refractivity contribution in [3.05, 3.63) is 65.2 Å². The van der Waals surface area contributed by atoms with Crippen molar-refractivity contribution in [1.82, 2.24) is 0 Å². The summed E-state index contributed by atoms with van der Waals surface area (Å²) in [7, 11) is -1.37. The van der Waals surface area contributed by atoms with Crippen LogP contribution in [0.5, 0.6) is 5.75 Å². The maximum absolute atomic E-state index is 13.0. The molecule has 5 nitrogen and oxygen atoms in total. The van der Waals surface area contributed by atoms with E-state index in [4.69, 9.17) is 9.39 Å². The molecule has 152 valence electrons. The maximum atomic E-state index is 13.0. The number of halogens is 2. The number of hydrogen-bond donors (Lipinski definition) is 1. The fourth-order valence-corrected chi connectivity index (χ4v) is 3.33. The Morgan fingerprint density at radius 1 is 1.21 bits per heavy atom. The van der Waals surface area contributed by atoms with Crippen LogP contribution in [0.25, 0.3) is 0 Å². The van der Waals surface area contributed by atoms with Crippen molar-refractivity contribution in [2.45, 2.75) is 44.5 Å². The van der Waals surface area contributed by atoms with E-state index in [1.165, 1.54) is 6.07 Å². The Kier molecular flexibility index (Phi) is 6.32. The molecule has 0 unspecified atom stereocenters. The van der Waals surface area contributed by atoms with E-state index < -0.39 is 37.0 Å². The van der Waals surface area contributed by atoms with Gasteiger partial charge in [-0.15, -0.1) is 0 Å². The number of alkyl halides is 2. The Bertz CT molecular complexity index is 882. The maximum Gasteiger partial charge on any atom is 0.526 e. The normalized spacial score (nSPS) is 16.0. The fourth-order valence-electron chi connectivity index (χ4n) is 3.33. The summed E-state index contributed by atoms with van der Waals surface area (Å²) in [6.07, 6.45) is -0.876. The lowest BCUT2D eigenvalue weighted by Crippen LogP contribution is -2.36. The molecule has 0 radical (unpaired) electrons. The van der Waals surface area contributed by atoms with Crippen LogP contribution in [0.15, 0.2) is 48.5 Å². The van der Waals surface area contributed by atoms with Crippen LogP contribution < -0.4 is 4.65 Å². The average molecular weight is 402 g/mol. The lowest BCUT2D eigenvalue weighted by molar-refractivity contribution is -0.125. The molecule has 1 N–H and O–H groups in total. The lowest BCUT2D eigenvalue weighted by atomic mass is 9.64. The van der Waals surface area contributed by atoms with E-state index >= 15 is 0 Å². The highest BCUT2D eigenvalue weighted by atomic mass is 19.3. The predicted molar refractivity (Wildman–Crippen MR) is 103 cm³/mol. The molecule has 0 spiro atoms. The first-order valence-corrected chi connectivity index (χ1v) is 9.30. The van der Waals surface area contributed by atoms with Crippen LogP contribution in [0.2, 0.25) is 5.82 Å². The molecule has 1 heterocycles. The van der Waals surface area contributed by atoms with E-state index in [0.717, 1.165) is 5.56 Å². The molecule has 0 fully saturated rings. The van der Waals surface area contributed by atoms with Gasteiger partial charge in [-0.1, -0.05) is 42.5 Å². The van der Waals surface area contributed by atoms with Crippen molar-refractivity contribution in [2.75, 3.05) is 0 Å². The Morgan fingerprint density at radius 3 is 2.62 bits per heavy atom. The van der Waals surface area contributed by atoms with Gasteiger partial charge in [0, 0.05) is 12.2 Å². The van der Waals surface area contributed by atoms with Crippen LogP contribution in [0.3, 0.4) is 0 Å². The molecule has 0 saturated heterocycles. The minimum absolute atomic E-state index is 0.0915. The van der Waals surface area contributed by atoms with Crippen LogP contribution in [-0.4, -0.2) is 29.8 Å². The van der Waals surface area contributed by atoms with Gasteiger partial charge in [-0.2, -0.15) is 0 Å². The van der Waals surface area contributed by atoms with Gasteiger partial charge in [0.2, 0.25) is 0 Å². The fraction of sp³-hybridized carbons (Fsp3) is 0.333. The molecule has 1 aliphatic heterocycles. The summed E-state index contributed by atoms with van der Waals surface area (Å²) in [5.41, 5.74) is 1.62. The standard InChI is InChI=1S/C21H21BF2O5/c1-21(23,24)12-17(25)11-16-10-15-8-5-9-18(19(15)29-22(16)27)20(26)28-13-14-6-3-2-4-7-14/h2-9,16,27H,10-13H2,1H3/t16-/m1/s1. The Balaban J connectivity index is 1.69. The number of esters is 1. The average Bonchev–Trinajstić information content (AvgIpc) is 2.65. The number of fused-ring (bicyclic) bond motifs is 1. The van der Waals surface area contributed by atoms with Gasteiger partial charge < -0.3 is 14.4 Å². The molecule has 8 heteroatoms. The second-order valence-corrected chi connectivity index (χ2v) is 7.32. The molecular weight excluding hydrogens is 381 g/mol. The van der Waals surface area contributed by atoms with Crippen molar-refractivity contribution in [3.8, 4) is 5.75 Å². The third-order valence-corrected chi connectivity index (χ3v) is 4.65. The van der Waals surface area contributed by atoms with Gasteiger partial charge >= 0.3 is 13.1 Å². The summed E-state index contributed by atoms with van der Waals surface area (Å²) < 4.78 is 36.9. The van der Waals surface area contributed by atoms with E-state index in [9.17, 15) is 23.4 Å². The number of ketones is 1. The van der Waals surface area contributed by atoms with Crippen LogP contribution in [0.1, 0.15) is 41.3 Å². The summed E-state index contributed by atoms with van der Waals surface area (Å²) in [6.45, 7) is 0.773. The summed E-state index contributed by atoms with van der Waals surface area (Å²) >= 11 is 0. The van der Waals surface area contributed by atoms with Crippen LogP contribution in [-0.2, 0) is 22.6 Å². The van der Waals surface area contributed by atoms with E-state index in [2.05, 4.69) is 0 Å². The minimum Gasteiger partial charge on any atom is -0.535 e. The smallest absolute Gasteiger partial charge is 0.526 e. The Labute approximate surface area is 167 Å². The third kappa shape index (κ3) is 5.63. The SMILES string of the molecule is CC(F)(F)CC(=O)C[C@H]1Cc2cccc(C(=O)OCc3ccccc3)c2OB1O. The Morgan fingerprint density at radius 2 is 1.93 bits per heavy atom. The van der Waals surface area contributed by atoms with Gasteiger partial charge in [-0.25, -0.2) is 13.6 Å². The molecule has 29 heavy (non-hydrogen) atoms. The van der Waals surface area contributed by atoms with Crippen molar-refractivity contribution in [3.63, 3.8) is 0 Å². The van der Waals surface area contributed by atoms with Crippen molar-refractivity contribution in [1.29, 1.82) is 0 Å². The monoisotopic (exact) mass is 402 g/mol. The number of hydrogen-bond acceptors (Lipinski definition) is 5. The topological polar surface area (TPSA) is 72.8 Å². The minimum atomic E-state index is -3.09. The van der Waals surface area contributed by atoms with Gasteiger partial charge in [0.05, 0.1) is 6.42 Å². The largest absolute Gasteiger partial charge is 0.535 e. The first-order valence-electron chi connectivity index (χ1n) is 9.30. The van der Waals surface area contributed by atoms with E-state index in [0.29, 0.717) is 12.5 Å². The molecule has 2 aromatic carbocycles. The van der Waals surface area contributed by atoms with E-state index in [1.54, 1.807) is 12.1 Å². The zero-order valence-corrected chi connectivity index (χ0v) is 15.9. The number of carbonyl (C=O) groups is 2. The summed E-state index contributed by atoms with van der Waals surface area (Å²) in [6, 6.07) is 14.1. The molecule has 2 aromatic rings. The zero-order valence-electron chi connectivity index (χ0n) is 15.9. The molecule has 0 saturated carbocycles. The van der Waals surface area contributed by atoms with Crippen LogP contribution in [0.4, 0.5) is 8.78 Å². The van der Waals surface area contributed by atoms with Gasteiger partial charge in [-0.05, 0) is 30.5 Å². The van der Waals surface area contributed by atoms with Crippen LogP contribution >= 0.6 is 0 Å². The summed E-state index contributed by atoms with van der Waals surface area (Å²) in [4.78, 5) is 24.4. The number of rotatable bonds is 7. The molecule has 3 rings (SSSR count). The highest BCUT2D eigenvalue weighted by molar-refractivity contribution is 6.47. The molecule has 0 amide bonds. The van der Waals surface area contributed by atoms with E-state index in [1.807, 2.05) is 30.3 Å². The molecular formula is C21H21BF2O5. The molecule has 0 bridgehead atoms.